The number of carboxylic acids is 1. The average molecular weight is 307 g/mol. The van der Waals surface area contributed by atoms with Crippen LogP contribution >= 0.6 is 23.1 Å². The third kappa shape index (κ3) is 3.84. The lowest BCUT2D eigenvalue weighted by Gasteiger charge is -2.16. The third-order valence-corrected chi connectivity index (χ3v) is 5.05. The van der Waals surface area contributed by atoms with Crippen LogP contribution in [0.2, 0.25) is 0 Å². The van der Waals surface area contributed by atoms with Crippen molar-refractivity contribution in [1.82, 2.24) is 4.98 Å². The van der Waals surface area contributed by atoms with Gasteiger partial charge in [-0.2, -0.15) is 0 Å². The number of aromatic carboxylic acids is 1. The average Bonchev–Trinajstić information content (AvgIpc) is 2.81. The highest BCUT2D eigenvalue weighted by atomic mass is 32.2. The molecule has 1 aromatic heterocycles. The van der Waals surface area contributed by atoms with E-state index in [0.29, 0.717) is 10.6 Å². The van der Waals surface area contributed by atoms with Crippen LogP contribution in [0.4, 0.5) is 0 Å². The van der Waals surface area contributed by atoms with Crippen molar-refractivity contribution in [2.45, 2.75) is 31.3 Å². The Kier molecular flexibility index (Phi) is 4.50. The molecule has 2 rings (SSSR count). The predicted molar refractivity (Wildman–Crippen MR) is 85.6 cm³/mol. The molecule has 0 aliphatic heterocycles. The van der Waals surface area contributed by atoms with Crippen LogP contribution in [0.3, 0.4) is 0 Å². The molecule has 0 spiro atoms. The van der Waals surface area contributed by atoms with Crippen LogP contribution < -0.4 is 0 Å². The third-order valence-electron chi connectivity index (χ3n) is 2.54. The lowest BCUT2D eigenvalue weighted by molar-refractivity contribution is 0.0702. The summed E-state index contributed by atoms with van der Waals surface area (Å²) in [5.74, 6) is -0.172. The number of hydrogen-bond acceptors (Lipinski definition) is 4. The second kappa shape index (κ2) is 5.97. The number of thiazole rings is 1. The molecule has 20 heavy (non-hydrogen) atoms. The highest BCUT2D eigenvalue weighted by Gasteiger charge is 2.20. The normalized spacial score (nSPS) is 11.6. The maximum atomic E-state index is 11.4. The molecule has 0 fully saturated rings. The smallest absolute Gasteiger partial charge is 0.348 e. The van der Waals surface area contributed by atoms with Crippen molar-refractivity contribution in [1.29, 1.82) is 0 Å². The summed E-state index contributed by atoms with van der Waals surface area (Å²) in [7, 11) is 0. The Morgan fingerprint density at radius 1 is 1.30 bits per heavy atom. The first-order chi connectivity index (χ1) is 9.37. The Morgan fingerprint density at radius 2 is 1.95 bits per heavy atom. The van der Waals surface area contributed by atoms with Gasteiger partial charge in [0.2, 0.25) is 0 Å². The molecular weight excluding hydrogens is 290 g/mol. The van der Waals surface area contributed by atoms with E-state index < -0.39 is 5.97 Å². The van der Waals surface area contributed by atoms with E-state index in [9.17, 15) is 9.90 Å². The van der Waals surface area contributed by atoms with Gasteiger partial charge >= 0.3 is 5.97 Å². The molecule has 0 unspecified atom stereocenters. The van der Waals surface area contributed by atoms with E-state index in [2.05, 4.69) is 25.8 Å². The van der Waals surface area contributed by atoms with Gasteiger partial charge in [0.25, 0.3) is 0 Å². The molecule has 0 radical (unpaired) electrons. The van der Waals surface area contributed by atoms with Crippen LogP contribution in [0.5, 0.6) is 0 Å². The first kappa shape index (κ1) is 15.1. The lowest BCUT2D eigenvalue weighted by atomic mass is 10.1. The fraction of sp³-hybridized carbons (Fsp3) is 0.333. The quantitative estimate of drug-likeness (QED) is 0.901. The van der Waals surface area contributed by atoms with Gasteiger partial charge in [-0.15, -0.1) is 23.1 Å². The van der Waals surface area contributed by atoms with Crippen LogP contribution in [0.1, 0.15) is 35.5 Å². The Labute approximate surface area is 127 Å². The van der Waals surface area contributed by atoms with Crippen molar-refractivity contribution < 1.29 is 9.90 Å². The van der Waals surface area contributed by atoms with E-state index in [1.165, 1.54) is 11.3 Å². The molecule has 1 N–H and O–H groups in total. The van der Waals surface area contributed by atoms with E-state index in [1.807, 2.05) is 30.3 Å². The topological polar surface area (TPSA) is 50.2 Å². The Morgan fingerprint density at radius 3 is 2.50 bits per heavy atom. The lowest BCUT2D eigenvalue weighted by Crippen LogP contribution is -2.07. The van der Waals surface area contributed by atoms with Gasteiger partial charge in [0.15, 0.2) is 0 Å². The first-order valence-electron chi connectivity index (χ1n) is 6.29. The second-order valence-corrected chi connectivity index (χ2v) is 8.24. The molecule has 1 aromatic carbocycles. The van der Waals surface area contributed by atoms with Crippen molar-refractivity contribution in [2.75, 3.05) is 0 Å². The zero-order chi connectivity index (χ0) is 14.8. The van der Waals surface area contributed by atoms with Crippen molar-refractivity contribution in [3.05, 3.63) is 40.2 Å². The van der Waals surface area contributed by atoms with Crippen molar-refractivity contribution in [2.24, 2.45) is 0 Å². The van der Waals surface area contributed by atoms with E-state index >= 15 is 0 Å². The molecule has 106 valence electrons. The SMILES string of the molecule is CC(C)(C)SCc1nc(-c2ccccc2)c(C(=O)O)s1. The number of carboxylic acid groups (broad SMARTS) is 1. The maximum absolute atomic E-state index is 11.4. The molecule has 3 nitrogen and oxygen atoms in total. The van der Waals surface area contributed by atoms with E-state index in [-0.39, 0.29) is 4.75 Å². The Balaban J connectivity index is 2.32. The molecular formula is C15H17NO2S2. The summed E-state index contributed by atoms with van der Waals surface area (Å²) in [6.45, 7) is 6.42. The molecule has 0 aliphatic carbocycles. The Hall–Kier alpha value is -1.33. The standard InChI is InChI=1S/C15H17NO2S2/c1-15(2,3)19-9-11-16-12(13(20-11)14(17)18)10-7-5-4-6-8-10/h4-8H,9H2,1-3H3,(H,17,18). The molecule has 2 aromatic rings. The minimum absolute atomic E-state index is 0.141. The Bertz CT molecular complexity index is 600. The largest absolute Gasteiger partial charge is 0.477 e. The summed E-state index contributed by atoms with van der Waals surface area (Å²) in [4.78, 5) is 16.2. The van der Waals surface area contributed by atoms with Gasteiger partial charge in [-0.1, -0.05) is 51.1 Å². The van der Waals surface area contributed by atoms with E-state index in [4.69, 9.17) is 0 Å². The van der Waals surface area contributed by atoms with Gasteiger partial charge in [0, 0.05) is 16.1 Å². The van der Waals surface area contributed by atoms with Crippen molar-refractivity contribution >= 4 is 29.1 Å². The molecule has 0 aliphatic rings. The highest BCUT2D eigenvalue weighted by Crippen LogP contribution is 2.33. The molecule has 0 bridgehead atoms. The van der Waals surface area contributed by atoms with Gasteiger partial charge in [0.05, 0.1) is 5.69 Å². The van der Waals surface area contributed by atoms with Crippen LogP contribution in [-0.2, 0) is 5.75 Å². The summed E-state index contributed by atoms with van der Waals surface area (Å²) in [6.07, 6.45) is 0. The number of nitrogens with zero attached hydrogens (tertiary/aromatic N) is 1. The summed E-state index contributed by atoms with van der Waals surface area (Å²) >= 11 is 3.04. The molecule has 1 heterocycles. The zero-order valence-electron chi connectivity index (χ0n) is 11.7. The van der Waals surface area contributed by atoms with E-state index in [0.717, 1.165) is 16.3 Å². The maximum Gasteiger partial charge on any atom is 0.348 e. The van der Waals surface area contributed by atoms with Crippen LogP contribution in [-0.4, -0.2) is 20.8 Å². The van der Waals surface area contributed by atoms with Crippen LogP contribution in [0.25, 0.3) is 11.3 Å². The predicted octanol–water partition coefficient (Wildman–Crippen LogP) is 4.54. The van der Waals surface area contributed by atoms with E-state index in [1.54, 1.807) is 11.8 Å². The highest BCUT2D eigenvalue weighted by molar-refractivity contribution is 7.99. The van der Waals surface area contributed by atoms with Gasteiger partial charge in [-0.3, -0.25) is 0 Å². The summed E-state index contributed by atoms with van der Waals surface area (Å²) < 4.78 is 0.141. The zero-order valence-corrected chi connectivity index (χ0v) is 13.3. The van der Waals surface area contributed by atoms with Gasteiger partial charge in [-0.05, 0) is 0 Å². The second-order valence-electron chi connectivity index (χ2n) is 5.36. The van der Waals surface area contributed by atoms with Crippen LogP contribution in [0.15, 0.2) is 30.3 Å². The fourth-order valence-corrected chi connectivity index (χ4v) is 3.39. The minimum atomic E-state index is -0.909. The molecule has 0 amide bonds. The molecule has 0 saturated carbocycles. The number of aromatic nitrogens is 1. The summed E-state index contributed by atoms with van der Waals surface area (Å²) in [6, 6.07) is 9.48. The number of thioether (sulfide) groups is 1. The van der Waals surface area contributed by atoms with Gasteiger partial charge < -0.3 is 5.11 Å². The summed E-state index contributed by atoms with van der Waals surface area (Å²) in [5.41, 5.74) is 1.43. The number of rotatable bonds is 4. The number of benzene rings is 1. The minimum Gasteiger partial charge on any atom is -0.477 e. The van der Waals surface area contributed by atoms with Gasteiger partial charge in [0.1, 0.15) is 9.88 Å². The van der Waals surface area contributed by atoms with Gasteiger partial charge in [-0.25, -0.2) is 9.78 Å². The monoisotopic (exact) mass is 307 g/mol. The molecule has 0 atom stereocenters. The number of carbonyl (C=O) groups is 1. The van der Waals surface area contributed by atoms with Crippen molar-refractivity contribution in [3.63, 3.8) is 0 Å². The molecule has 5 heteroatoms. The molecule has 0 saturated heterocycles. The first-order valence-corrected chi connectivity index (χ1v) is 8.09. The fourth-order valence-electron chi connectivity index (χ4n) is 1.64. The van der Waals surface area contributed by atoms with Crippen LogP contribution in [0, 0.1) is 0 Å². The van der Waals surface area contributed by atoms with Crippen molar-refractivity contribution in [3.8, 4) is 11.3 Å². The number of hydrogen-bond donors (Lipinski definition) is 1. The summed E-state index contributed by atoms with van der Waals surface area (Å²) in [5, 5.41) is 10.2.